The minimum atomic E-state index is -0.364. The highest BCUT2D eigenvalue weighted by Crippen LogP contribution is 2.26. The number of nitrogens with one attached hydrogen (secondary N) is 2. The number of rotatable bonds is 8. The van der Waals surface area contributed by atoms with Crippen LogP contribution in [0.2, 0.25) is 5.02 Å². The molecule has 7 heteroatoms. The first-order valence-electron chi connectivity index (χ1n) is 9.76. The van der Waals surface area contributed by atoms with Crippen molar-refractivity contribution in [1.29, 1.82) is 0 Å². The molecule has 0 aromatic heterocycles. The van der Waals surface area contributed by atoms with E-state index in [1.54, 1.807) is 31.4 Å². The zero-order chi connectivity index (χ0) is 20.6. The first-order chi connectivity index (χ1) is 14.1. The standard InChI is InChI=1S/C22H26ClN3O3/c1-29-17-10-8-16(9-11-17)20(26-12-4-5-13-26)14-24-21(27)15-25-22(28)18-6-2-3-7-19(18)23/h2-3,6-11,20H,4-5,12-15H2,1H3,(H,24,27)(H,25,28)/t20-/m1/s1. The van der Waals surface area contributed by atoms with Gasteiger partial charge in [-0.3, -0.25) is 14.5 Å². The Balaban J connectivity index is 1.56. The summed E-state index contributed by atoms with van der Waals surface area (Å²) < 4.78 is 5.24. The molecular weight excluding hydrogens is 390 g/mol. The van der Waals surface area contributed by atoms with Crippen molar-refractivity contribution in [2.75, 3.05) is 33.3 Å². The highest BCUT2D eigenvalue weighted by Gasteiger charge is 2.24. The lowest BCUT2D eigenvalue weighted by molar-refractivity contribution is -0.120. The fourth-order valence-electron chi connectivity index (χ4n) is 3.51. The van der Waals surface area contributed by atoms with Crippen molar-refractivity contribution in [2.45, 2.75) is 18.9 Å². The van der Waals surface area contributed by atoms with E-state index < -0.39 is 0 Å². The van der Waals surface area contributed by atoms with Gasteiger partial charge >= 0.3 is 0 Å². The van der Waals surface area contributed by atoms with Gasteiger partial charge in [-0.1, -0.05) is 35.9 Å². The van der Waals surface area contributed by atoms with Crippen LogP contribution in [0, 0.1) is 0 Å². The molecule has 6 nitrogen and oxygen atoms in total. The van der Waals surface area contributed by atoms with Crippen molar-refractivity contribution in [3.63, 3.8) is 0 Å². The lowest BCUT2D eigenvalue weighted by Crippen LogP contribution is -2.41. The molecule has 1 aliphatic rings. The summed E-state index contributed by atoms with van der Waals surface area (Å²) >= 11 is 6.02. The average Bonchev–Trinajstić information content (AvgIpc) is 3.27. The van der Waals surface area contributed by atoms with E-state index in [4.69, 9.17) is 16.3 Å². The SMILES string of the molecule is COc1ccc([C@@H](CNC(=O)CNC(=O)c2ccccc2Cl)N2CCCC2)cc1. The van der Waals surface area contributed by atoms with E-state index >= 15 is 0 Å². The van der Waals surface area contributed by atoms with Gasteiger partial charge in [-0.15, -0.1) is 0 Å². The van der Waals surface area contributed by atoms with Crippen molar-refractivity contribution < 1.29 is 14.3 Å². The van der Waals surface area contributed by atoms with Gasteiger partial charge in [-0.25, -0.2) is 0 Å². The molecular formula is C22H26ClN3O3. The predicted molar refractivity (Wildman–Crippen MR) is 113 cm³/mol. The number of methoxy groups -OCH3 is 1. The maximum Gasteiger partial charge on any atom is 0.253 e. The Morgan fingerprint density at radius 1 is 1.07 bits per heavy atom. The van der Waals surface area contributed by atoms with E-state index in [1.807, 2.05) is 24.3 Å². The number of benzene rings is 2. The third-order valence-electron chi connectivity index (χ3n) is 5.10. The van der Waals surface area contributed by atoms with Crippen LogP contribution in [0.15, 0.2) is 48.5 Å². The molecule has 29 heavy (non-hydrogen) atoms. The maximum atomic E-state index is 12.3. The summed E-state index contributed by atoms with van der Waals surface area (Å²) in [5.74, 6) is 0.209. The molecule has 0 unspecified atom stereocenters. The largest absolute Gasteiger partial charge is 0.497 e. The van der Waals surface area contributed by atoms with E-state index in [2.05, 4.69) is 15.5 Å². The molecule has 0 bridgehead atoms. The molecule has 1 heterocycles. The smallest absolute Gasteiger partial charge is 0.253 e. The molecule has 2 aromatic rings. The number of likely N-dealkylation sites (tertiary alicyclic amines) is 1. The Bertz CT molecular complexity index is 835. The van der Waals surface area contributed by atoms with Crippen molar-refractivity contribution in [3.8, 4) is 5.75 Å². The number of ether oxygens (including phenoxy) is 1. The second-order valence-electron chi connectivity index (χ2n) is 7.00. The minimum Gasteiger partial charge on any atom is -0.497 e. The number of hydrogen-bond acceptors (Lipinski definition) is 4. The molecule has 1 fully saturated rings. The van der Waals surface area contributed by atoms with Crippen LogP contribution in [-0.2, 0) is 4.79 Å². The third kappa shape index (κ3) is 5.71. The van der Waals surface area contributed by atoms with Crippen LogP contribution in [0.4, 0.5) is 0 Å². The molecule has 0 saturated carbocycles. The Morgan fingerprint density at radius 3 is 2.41 bits per heavy atom. The molecule has 2 N–H and O–H groups in total. The topological polar surface area (TPSA) is 70.7 Å². The number of hydrogen-bond donors (Lipinski definition) is 2. The van der Waals surface area contributed by atoms with Crippen molar-refractivity contribution in [3.05, 3.63) is 64.7 Å². The van der Waals surface area contributed by atoms with Gasteiger partial charge in [0.15, 0.2) is 0 Å². The first kappa shape index (κ1) is 21.1. The molecule has 0 aliphatic carbocycles. The van der Waals surface area contributed by atoms with E-state index in [0.717, 1.165) is 37.2 Å². The summed E-state index contributed by atoms with van der Waals surface area (Å²) in [7, 11) is 1.64. The average molecular weight is 416 g/mol. The van der Waals surface area contributed by atoms with Gasteiger partial charge in [0.25, 0.3) is 5.91 Å². The van der Waals surface area contributed by atoms with E-state index in [-0.39, 0.29) is 24.4 Å². The monoisotopic (exact) mass is 415 g/mol. The molecule has 0 spiro atoms. The van der Waals surface area contributed by atoms with Crippen molar-refractivity contribution in [1.82, 2.24) is 15.5 Å². The lowest BCUT2D eigenvalue weighted by Gasteiger charge is -2.28. The molecule has 0 radical (unpaired) electrons. The highest BCUT2D eigenvalue weighted by atomic mass is 35.5. The van der Waals surface area contributed by atoms with E-state index in [9.17, 15) is 9.59 Å². The van der Waals surface area contributed by atoms with Gasteiger partial charge in [0.2, 0.25) is 5.91 Å². The van der Waals surface area contributed by atoms with Crippen molar-refractivity contribution >= 4 is 23.4 Å². The maximum absolute atomic E-state index is 12.3. The zero-order valence-corrected chi connectivity index (χ0v) is 17.2. The van der Waals surface area contributed by atoms with Crippen molar-refractivity contribution in [2.24, 2.45) is 0 Å². The first-order valence-corrected chi connectivity index (χ1v) is 10.1. The molecule has 1 saturated heterocycles. The molecule has 1 atom stereocenters. The fraction of sp³-hybridized carbons (Fsp3) is 0.364. The highest BCUT2D eigenvalue weighted by molar-refractivity contribution is 6.33. The number of halogens is 1. The summed E-state index contributed by atoms with van der Waals surface area (Å²) in [6.07, 6.45) is 2.32. The van der Waals surface area contributed by atoms with Crippen LogP contribution in [-0.4, -0.2) is 50.0 Å². The molecule has 3 rings (SSSR count). The van der Waals surface area contributed by atoms with E-state index in [1.165, 1.54) is 0 Å². The van der Waals surface area contributed by atoms with Gasteiger partial charge in [0.1, 0.15) is 5.75 Å². The quantitative estimate of drug-likeness (QED) is 0.695. The number of nitrogens with zero attached hydrogens (tertiary/aromatic N) is 1. The fourth-order valence-corrected chi connectivity index (χ4v) is 3.73. The number of amides is 2. The lowest BCUT2D eigenvalue weighted by atomic mass is 10.1. The van der Waals surface area contributed by atoms with Crippen LogP contribution in [0.5, 0.6) is 5.75 Å². The van der Waals surface area contributed by atoms with Crippen LogP contribution in [0.3, 0.4) is 0 Å². The Labute approximate surface area is 176 Å². The van der Waals surface area contributed by atoms with Crippen LogP contribution in [0.1, 0.15) is 34.8 Å². The molecule has 2 aromatic carbocycles. The molecule has 2 amide bonds. The third-order valence-corrected chi connectivity index (χ3v) is 5.43. The van der Waals surface area contributed by atoms with E-state index in [0.29, 0.717) is 17.1 Å². The summed E-state index contributed by atoms with van der Waals surface area (Å²) in [5, 5.41) is 5.93. The summed E-state index contributed by atoms with van der Waals surface area (Å²) in [5.41, 5.74) is 1.49. The minimum absolute atomic E-state index is 0.0895. The molecule has 1 aliphatic heterocycles. The zero-order valence-electron chi connectivity index (χ0n) is 16.5. The van der Waals surface area contributed by atoms with Crippen LogP contribution in [0.25, 0.3) is 0 Å². The second-order valence-corrected chi connectivity index (χ2v) is 7.41. The predicted octanol–water partition coefficient (Wildman–Crippen LogP) is 3.03. The molecule has 154 valence electrons. The second kappa shape index (κ2) is 10.3. The van der Waals surface area contributed by atoms with Gasteiger partial charge in [-0.05, 0) is 55.8 Å². The Kier molecular flexibility index (Phi) is 7.49. The summed E-state index contributed by atoms with van der Waals surface area (Å²) in [6, 6.07) is 14.8. The van der Waals surface area contributed by atoms with Gasteiger partial charge in [0, 0.05) is 6.54 Å². The van der Waals surface area contributed by atoms with Gasteiger partial charge in [0.05, 0.1) is 30.3 Å². The van der Waals surface area contributed by atoms with Crippen LogP contribution >= 0.6 is 11.6 Å². The number of carbonyl (C=O) groups excluding carboxylic acids is 2. The normalized spacial score (nSPS) is 15.0. The van der Waals surface area contributed by atoms with Gasteiger partial charge in [-0.2, -0.15) is 0 Å². The Hall–Kier alpha value is -2.57. The number of carbonyl (C=O) groups is 2. The van der Waals surface area contributed by atoms with Crippen LogP contribution < -0.4 is 15.4 Å². The summed E-state index contributed by atoms with van der Waals surface area (Å²) in [6.45, 7) is 2.40. The van der Waals surface area contributed by atoms with Gasteiger partial charge < -0.3 is 15.4 Å². The Morgan fingerprint density at radius 2 is 1.76 bits per heavy atom. The summed E-state index contributed by atoms with van der Waals surface area (Å²) in [4.78, 5) is 26.9.